The van der Waals surface area contributed by atoms with Crippen molar-refractivity contribution < 1.29 is 14.6 Å². The highest BCUT2D eigenvalue weighted by Gasteiger charge is 2.32. The van der Waals surface area contributed by atoms with Gasteiger partial charge in [0.05, 0.1) is 18.7 Å². The van der Waals surface area contributed by atoms with Crippen LogP contribution in [0.2, 0.25) is 0 Å². The molecule has 0 radical (unpaired) electrons. The van der Waals surface area contributed by atoms with Gasteiger partial charge in [0, 0.05) is 6.04 Å². The van der Waals surface area contributed by atoms with Crippen molar-refractivity contribution in [1.82, 2.24) is 10.2 Å². The minimum absolute atomic E-state index is 0.0297. The first-order valence-electron chi connectivity index (χ1n) is 9.30. The fourth-order valence-corrected chi connectivity index (χ4v) is 2.92. The second-order valence-electron chi connectivity index (χ2n) is 7.70. The van der Waals surface area contributed by atoms with E-state index in [0.29, 0.717) is 13.1 Å². The van der Waals surface area contributed by atoms with Crippen LogP contribution in [0, 0.1) is 0 Å². The van der Waals surface area contributed by atoms with Gasteiger partial charge in [0.1, 0.15) is 11.9 Å². The lowest BCUT2D eigenvalue weighted by Crippen LogP contribution is -2.59. The molecule has 0 aliphatic carbocycles. The number of nitrogens with one attached hydrogen (secondary N) is 1. The lowest BCUT2D eigenvalue weighted by atomic mass is 10.00. The van der Waals surface area contributed by atoms with Crippen LogP contribution in [0.15, 0.2) is 24.3 Å². The maximum atomic E-state index is 12.2. The Morgan fingerprint density at radius 1 is 1.44 bits per heavy atom. The molecule has 1 aliphatic rings. The Hall–Kier alpha value is -1.75. The van der Waals surface area contributed by atoms with E-state index in [9.17, 15) is 9.90 Å². The molecule has 0 spiro atoms. The first-order valence-corrected chi connectivity index (χ1v) is 9.30. The Balaban J connectivity index is 1.66. The topological polar surface area (TPSA) is 61.8 Å². The molecule has 1 atom stereocenters. The van der Waals surface area contributed by atoms with Crippen molar-refractivity contribution in [1.29, 1.82) is 0 Å². The van der Waals surface area contributed by atoms with Crippen molar-refractivity contribution in [2.75, 3.05) is 13.1 Å². The van der Waals surface area contributed by atoms with Crippen LogP contribution >= 0.6 is 0 Å². The van der Waals surface area contributed by atoms with Crippen molar-refractivity contribution in [3.63, 3.8) is 0 Å². The first kappa shape index (κ1) is 19.6. The number of aryl methyl sites for hydroxylation is 1. The number of carbonyl (C=O) groups excluding carboxylic acids is 1. The standard InChI is InChI=1S/C20H32N2O3/c1-5-16-9-6-10-17(12-16)25-18-13-22(14-18)19(23)21-15(2)8-7-11-20(3,4)24/h6,9-10,12,15,18,24H,5,7-8,11,13-14H2,1-4H3,(H,21,23). The minimum Gasteiger partial charge on any atom is -0.487 e. The highest BCUT2D eigenvalue weighted by molar-refractivity contribution is 5.75. The Bertz CT molecular complexity index is 562. The summed E-state index contributed by atoms with van der Waals surface area (Å²) in [7, 11) is 0. The SMILES string of the molecule is CCc1cccc(OC2CN(C(=O)NC(C)CCCC(C)(C)O)C2)c1. The van der Waals surface area contributed by atoms with Crippen LogP contribution in [-0.2, 0) is 6.42 Å². The fraction of sp³-hybridized carbons (Fsp3) is 0.650. The van der Waals surface area contributed by atoms with Crippen LogP contribution in [0.3, 0.4) is 0 Å². The summed E-state index contributed by atoms with van der Waals surface area (Å²) in [5.74, 6) is 0.879. The fourth-order valence-electron chi connectivity index (χ4n) is 2.92. The van der Waals surface area contributed by atoms with Crippen LogP contribution in [0.4, 0.5) is 4.79 Å². The molecule has 1 unspecified atom stereocenters. The van der Waals surface area contributed by atoms with E-state index < -0.39 is 5.60 Å². The lowest BCUT2D eigenvalue weighted by molar-refractivity contribution is 0.0431. The predicted molar refractivity (Wildman–Crippen MR) is 100.0 cm³/mol. The number of carbonyl (C=O) groups is 1. The molecule has 0 bridgehead atoms. The van der Waals surface area contributed by atoms with Gasteiger partial charge >= 0.3 is 6.03 Å². The normalized spacial score (nSPS) is 16.3. The molecule has 1 fully saturated rings. The Kier molecular flexibility index (Phi) is 6.71. The highest BCUT2D eigenvalue weighted by atomic mass is 16.5. The largest absolute Gasteiger partial charge is 0.487 e. The zero-order chi connectivity index (χ0) is 18.4. The molecule has 5 heteroatoms. The van der Waals surface area contributed by atoms with Gasteiger partial charge in [0.2, 0.25) is 0 Å². The molecule has 140 valence electrons. The Labute approximate surface area is 151 Å². The summed E-state index contributed by atoms with van der Waals surface area (Å²) in [4.78, 5) is 14.0. The third kappa shape index (κ3) is 6.58. The summed E-state index contributed by atoms with van der Waals surface area (Å²) in [6.07, 6.45) is 3.56. The van der Waals surface area contributed by atoms with Gasteiger partial charge in [-0.2, -0.15) is 0 Å². The minimum atomic E-state index is -0.638. The summed E-state index contributed by atoms with van der Waals surface area (Å²) >= 11 is 0. The van der Waals surface area contributed by atoms with Gasteiger partial charge in [0.25, 0.3) is 0 Å². The Morgan fingerprint density at radius 2 is 2.16 bits per heavy atom. The average Bonchev–Trinajstić information content (AvgIpc) is 2.49. The van der Waals surface area contributed by atoms with Gasteiger partial charge in [0.15, 0.2) is 0 Å². The van der Waals surface area contributed by atoms with Crippen molar-refractivity contribution in [2.24, 2.45) is 0 Å². The number of hydrogen-bond donors (Lipinski definition) is 2. The van der Waals surface area contributed by atoms with E-state index >= 15 is 0 Å². The summed E-state index contributed by atoms with van der Waals surface area (Å²) in [6.45, 7) is 9.00. The summed E-state index contributed by atoms with van der Waals surface area (Å²) in [5.41, 5.74) is 0.618. The van der Waals surface area contributed by atoms with E-state index in [1.165, 1.54) is 5.56 Å². The third-order valence-electron chi connectivity index (χ3n) is 4.54. The van der Waals surface area contributed by atoms with Crippen LogP contribution in [0.25, 0.3) is 0 Å². The van der Waals surface area contributed by atoms with Gasteiger partial charge < -0.3 is 20.1 Å². The molecule has 0 saturated carbocycles. The van der Waals surface area contributed by atoms with Crippen LogP contribution in [0.1, 0.15) is 52.5 Å². The summed E-state index contributed by atoms with van der Waals surface area (Å²) in [5, 5.41) is 12.7. The maximum Gasteiger partial charge on any atom is 0.317 e. The van der Waals surface area contributed by atoms with Gasteiger partial charge in [-0.05, 0) is 64.2 Å². The molecule has 0 aromatic heterocycles. The smallest absolute Gasteiger partial charge is 0.317 e. The number of aliphatic hydroxyl groups is 1. The van der Waals surface area contributed by atoms with Gasteiger partial charge in [-0.1, -0.05) is 19.1 Å². The zero-order valence-corrected chi connectivity index (χ0v) is 15.9. The molecule has 25 heavy (non-hydrogen) atoms. The van der Waals surface area contributed by atoms with Crippen molar-refractivity contribution in [2.45, 2.75) is 71.1 Å². The van der Waals surface area contributed by atoms with Crippen molar-refractivity contribution in [3.05, 3.63) is 29.8 Å². The van der Waals surface area contributed by atoms with Crippen molar-refractivity contribution in [3.8, 4) is 5.75 Å². The number of ether oxygens (including phenoxy) is 1. The van der Waals surface area contributed by atoms with E-state index in [1.807, 2.05) is 32.9 Å². The number of likely N-dealkylation sites (tertiary alicyclic amines) is 1. The number of amides is 2. The number of nitrogens with zero attached hydrogens (tertiary/aromatic N) is 1. The molecule has 5 nitrogen and oxygen atoms in total. The van der Waals surface area contributed by atoms with E-state index in [-0.39, 0.29) is 18.2 Å². The molecule has 1 aromatic rings. The second kappa shape index (κ2) is 8.56. The molecule has 1 aromatic carbocycles. The highest BCUT2D eigenvalue weighted by Crippen LogP contribution is 2.20. The third-order valence-corrected chi connectivity index (χ3v) is 4.54. The van der Waals surface area contributed by atoms with Crippen LogP contribution in [0.5, 0.6) is 5.75 Å². The van der Waals surface area contributed by atoms with E-state index in [0.717, 1.165) is 31.4 Å². The van der Waals surface area contributed by atoms with Gasteiger partial charge in [-0.15, -0.1) is 0 Å². The summed E-state index contributed by atoms with van der Waals surface area (Å²) < 4.78 is 5.93. The predicted octanol–water partition coefficient (Wildman–Crippen LogP) is 3.35. The number of benzene rings is 1. The molecular weight excluding hydrogens is 316 g/mol. The molecule has 1 aliphatic heterocycles. The molecule has 2 amide bonds. The molecular formula is C20H32N2O3. The van der Waals surface area contributed by atoms with E-state index in [1.54, 1.807) is 4.90 Å². The second-order valence-corrected chi connectivity index (χ2v) is 7.70. The lowest BCUT2D eigenvalue weighted by Gasteiger charge is -2.39. The molecule has 2 rings (SSSR count). The zero-order valence-electron chi connectivity index (χ0n) is 15.9. The first-order chi connectivity index (χ1) is 11.8. The summed E-state index contributed by atoms with van der Waals surface area (Å²) in [6, 6.07) is 8.20. The molecule has 2 N–H and O–H groups in total. The molecule has 1 heterocycles. The monoisotopic (exact) mass is 348 g/mol. The van der Waals surface area contributed by atoms with Crippen molar-refractivity contribution >= 4 is 6.03 Å². The number of urea groups is 1. The number of hydrogen-bond acceptors (Lipinski definition) is 3. The van der Waals surface area contributed by atoms with E-state index in [4.69, 9.17) is 4.74 Å². The maximum absolute atomic E-state index is 12.2. The Morgan fingerprint density at radius 3 is 2.80 bits per heavy atom. The van der Waals surface area contributed by atoms with E-state index in [2.05, 4.69) is 24.4 Å². The quantitative estimate of drug-likeness (QED) is 0.757. The number of rotatable bonds is 8. The average molecular weight is 348 g/mol. The van der Waals surface area contributed by atoms with Gasteiger partial charge in [-0.3, -0.25) is 0 Å². The van der Waals surface area contributed by atoms with Crippen LogP contribution < -0.4 is 10.1 Å². The molecule has 1 saturated heterocycles. The van der Waals surface area contributed by atoms with Crippen LogP contribution in [-0.4, -0.2) is 46.9 Å². The van der Waals surface area contributed by atoms with Gasteiger partial charge in [-0.25, -0.2) is 4.79 Å².